The maximum absolute atomic E-state index is 11.9. The highest BCUT2D eigenvalue weighted by atomic mass is 16.5. The maximum Gasteiger partial charge on any atom is 0.343 e. The lowest BCUT2D eigenvalue weighted by Gasteiger charge is -2.01. The van der Waals surface area contributed by atoms with Crippen molar-refractivity contribution in [2.24, 2.45) is 10.7 Å². The quantitative estimate of drug-likeness (QED) is 0.319. The molecular formula is C19H20N4O3. The Morgan fingerprint density at radius 2 is 2.12 bits per heavy atom. The average molecular weight is 352 g/mol. The first-order valence-electron chi connectivity index (χ1n) is 8.02. The van der Waals surface area contributed by atoms with Crippen molar-refractivity contribution in [3.8, 4) is 11.8 Å². The molecule has 0 aliphatic rings. The summed E-state index contributed by atoms with van der Waals surface area (Å²) in [6.07, 6.45) is 1.36. The van der Waals surface area contributed by atoms with E-state index in [9.17, 15) is 15.2 Å². The minimum atomic E-state index is -0.636. The summed E-state index contributed by atoms with van der Waals surface area (Å²) in [5.74, 6) is -0.882. The zero-order valence-corrected chi connectivity index (χ0v) is 14.6. The van der Waals surface area contributed by atoms with E-state index in [0.29, 0.717) is 12.2 Å². The molecule has 2 aromatic rings. The lowest BCUT2D eigenvalue weighted by molar-refractivity contribution is 0.0522. The van der Waals surface area contributed by atoms with Gasteiger partial charge in [0.15, 0.2) is 5.75 Å². The van der Waals surface area contributed by atoms with Gasteiger partial charge in [-0.25, -0.2) is 4.79 Å². The van der Waals surface area contributed by atoms with Gasteiger partial charge in [-0.1, -0.05) is 30.3 Å². The van der Waals surface area contributed by atoms with E-state index in [1.165, 1.54) is 6.08 Å². The van der Waals surface area contributed by atoms with Gasteiger partial charge in [-0.2, -0.15) is 5.26 Å². The van der Waals surface area contributed by atoms with Crippen LogP contribution in [0.2, 0.25) is 0 Å². The van der Waals surface area contributed by atoms with E-state index in [0.717, 1.165) is 5.56 Å². The van der Waals surface area contributed by atoms with Gasteiger partial charge < -0.3 is 20.6 Å². The number of nitrogens with one attached hydrogen (secondary N) is 1. The molecule has 2 rings (SSSR count). The number of ether oxygens (including phenoxy) is 1. The number of nitrogens with two attached hydrogens (primary N) is 1. The summed E-state index contributed by atoms with van der Waals surface area (Å²) < 4.78 is 4.92. The van der Waals surface area contributed by atoms with Crippen LogP contribution >= 0.6 is 0 Å². The molecule has 0 radical (unpaired) electrons. The molecule has 0 amide bonds. The number of amidine groups is 1. The molecule has 0 unspecified atom stereocenters. The number of aromatic hydroxyl groups is 1. The first kappa shape index (κ1) is 18.8. The minimum Gasteiger partial charge on any atom is -0.505 e. The molecule has 0 aliphatic heterocycles. The number of nitriles is 1. The van der Waals surface area contributed by atoms with Gasteiger partial charge in [0, 0.05) is 5.69 Å². The number of benzene rings is 1. The third-order valence-electron chi connectivity index (χ3n) is 3.63. The first-order chi connectivity index (χ1) is 12.5. The number of aromatic nitrogens is 1. The van der Waals surface area contributed by atoms with Crippen molar-refractivity contribution in [3.63, 3.8) is 0 Å². The topological polar surface area (TPSA) is 124 Å². The summed E-state index contributed by atoms with van der Waals surface area (Å²) in [4.78, 5) is 19.0. The number of esters is 1. The summed E-state index contributed by atoms with van der Waals surface area (Å²) >= 11 is 0. The number of carbonyl (C=O) groups is 1. The Hall–Kier alpha value is -3.53. The fourth-order valence-corrected chi connectivity index (χ4v) is 2.35. The number of hydrogen-bond donors (Lipinski definition) is 3. The highest BCUT2D eigenvalue weighted by molar-refractivity contribution is 6.05. The Balaban J connectivity index is 2.30. The monoisotopic (exact) mass is 352 g/mol. The van der Waals surface area contributed by atoms with Crippen LogP contribution in [0.5, 0.6) is 5.75 Å². The largest absolute Gasteiger partial charge is 0.505 e. The molecule has 0 saturated carbocycles. The number of carbonyl (C=O) groups excluding carboxylic acids is 1. The number of aromatic amines is 1. The van der Waals surface area contributed by atoms with Crippen LogP contribution in [0.1, 0.15) is 34.2 Å². The molecule has 0 fully saturated rings. The van der Waals surface area contributed by atoms with Gasteiger partial charge in [-0.05, 0) is 25.5 Å². The fourth-order valence-electron chi connectivity index (χ4n) is 2.35. The molecule has 7 heteroatoms. The summed E-state index contributed by atoms with van der Waals surface area (Å²) in [5, 5.41) is 19.6. The lowest BCUT2D eigenvalue weighted by Crippen LogP contribution is -2.14. The van der Waals surface area contributed by atoms with Crippen LogP contribution in [-0.2, 0) is 11.3 Å². The predicted molar refractivity (Wildman–Crippen MR) is 98.5 cm³/mol. The molecule has 134 valence electrons. The van der Waals surface area contributed by atoms with Crippen LogP contribution in [0, 0.1) is 18.3 Å². The summed E-state index contributed by atoms with van der Waals surface area (Å²) in [6.45, 7) is 3.82. The summed E-state index contributed by atoms with van der Waals surface area (Å²) in [5.41, 5.74) is 7.60. The molecule has 1 aromatic carbocycles. The second-order valence-electron chi connectivity index (χ2n) is 5.46. The summed E-state index contributed by atoms with van der Waals surface area (Å²) in [6, 6.07) is 11.4. The van der Waals surface area contributed by atoms with E-state index in [1.54, 1.807) is 13.8 Å². The van der Waals surface area contributed by atoms with Crippen molar-refractivity contribution >= 4 is 17.9 Å². The molecule has 1 aromatic heterocycles. The highest BCUT2D eigenvalue weighted by Crippen LogP contribution is 2.28. The lowest BCUT2D eigenvalue weighted by atomic mass is 10.1. The van der Waals surface area contributed by atoms with E-state index in [1.807, 2.05) is 36.4 Å². The summed E-state index contributed by atoms with van der Waals surface area (Å²) in [7, 11) is 0. The Morgan fingerprint density at radius 3 is 2.73 bits per heavy atom. The Bertz CT molecular complexity index is 889. The smallest absolute Gasteiger partial charge is 0.343 e. The molecule has 0 saturated heterocycles. The predicted octanol–water partition coefficient (Wildman–Crippen LogP) is 2.67. The van der Waals surface area contributed by atoms with Crippen LogP contribution in [0.15, 0.2) is 40.9 Å². The first-order valence-corrected chi connectivity index (χ1v) is 8.02. The van der Waals surface area contributed by atoms with Gasteiger partial charge in [0.1, 0.15) is 17.5 Å². The average Bonchev–Trinajstić information content (AvgIpc) is 2.92. The Morgan fingerprint density at radius 1 is 1.42 bits per heavy atom. The number of aliphatic imine (C=N–C) groups is 1. The van der Waals surface area contributed by atoms with E-state index in [4.69, 9.17) is 10.5 Å². The number of H-pyrrole nitrogens is 1. The van der Waals surface area contributed by atoms with E-state index < -0.39 is 5.97 Å². The van der Waals surface area contributed by atoms with Gasteiger partial charge in [-0.3, -0.25) is 4.99 Å². The van der Waals surface area contributed by atoms with Crippen LogP contribution in [0.3, 0.4) is 0 Å². The van der Waals surface area contributed by atoms with Gasteiger partial charge in [0.2, 0.25) is 0 Å². The standard InChI is InChI=1S/C19H20N4O3/c1-3-26-19(25)16-12(2)23-15(17(16)24)9-14(10-20)18(21)22-11-13-7-5-4-6-8-13/h4-9,23-24H,3,11H2,1-2H3,(H2,21,22)/b14-9+. The van der Waals surface area contributed by atoms with Gasteiger partial charge >= 0.3 is 5.97 Å². The Labute approximate surface area is 151 Å². The molecule has 0 spiro atoms. The zero-order chi connectivity index (χ0) is 19.1. The van der Waals surface area contributed by atoms with Crippen LogP contribution < -0.4 is 5.73 Å². The normalized spacial score (nSPS) is 11.9. The number of aryl methyl sites for hydroxylation is 1. The number of hydrogen-bond acceptors (Lipinski definition) is 5. The number of nitrogens with zero attached hydrogens (tertiary/aromatic N) is 2. The van der Waals surface area contributed by atoms with Crippen molar-refractivity contribution < 1.29 is 14.6 Å². The zero-order valence-electron chi connectivity index (χ0n) is 14.6. The molecule has 0 aliphatic carbocycles. The molecule has 0 atom stereocenters. The van der Waals surface area contributed by atoms with Crippen LogP contribution in [-0.4, -0.2) is 28.5 Å². The van der Waals surface area contributed by atoms with Crippen molar-refractivity contribution in [2.75, 3.05) is 6.61 Å². The van der Waals surface area contributed by atoms with Gasteiger partial charge in [0.25, 0.3) is 0 Å². The van der Waals surface area contributed by atoms with Crippen molar-refractivity contribution in [1.82, 2.24) is 4.98 Å². The highest BCUT2D eigenvalue weighted by Gasteiger charge is 2.21. The van der Waals surface area contributed by atoms with E-state index in [2.05, 4.69) is 9.98 Å². The molecule has 4 N–H and O–H groups in total. The maximum atomic E-state index is 11.9. The van der Waals surface area contributed by atoms with Gasteiger partial charge in [0.05, 0.1) is 24.4 Å². The van der Waals surface area contributed by atoms with Crippen molar-refractivity contribution in [2.45, 2.75) is 20.4 Å². The van der Waals surface area contributed by atoms with Crippen LogP contribution in [0.25, 0.3) is 6.08 Å². The SMILES string of the molecule is CCOC(=O)c1c(C)[nH]c(/C=C(\C#N)C(N)=NCc2ccccc2)c1O. The molecule has 1 heterocycles. The number of rotatable bonds is 6. The van der Waals surface area contributed by atoms with Crippen molar-refractivity contribution in [1.29, 1.82) is 5.26 Å². The second kappa shape index (κ2) is 8.53. The van der Waals surface area contributed by atoms with Crippen LogP contribution in [0.4, 0.5) is 0 Å². The van der Waals surface area contributed by atoms with Gasteiger partial charge in [-0.15, -0.1) is 0 Å². The minimum absolute atomic E-state index is 0.0372. The van der Waals surface area contributed by atoms with Crippen molar-refractivity contribution in [3.05, 3.63) is 58.4 Å². The molecule has 7 nitrogen and oxygen atoms in total. The molecule has 0 bridgehead atoms. The van der Waals surface area contributed by atoms with E-state index in [-0.39, 0.29) is 35.0 Å². The molecular weight excluding hydrogens is 332 g/mol. The third-order valence-corrected chi connectivity index (χ3v) is 3.63. The fraction of sp³-hybridized carbons (Fsp3) is 0.211. The molecule has 26 heavy (non-hydrogen) atoms. The third kappa shape index (κ3) is 4.30. The Kier molecular flexibility index (Phi) is 6.17. The second-order valence-corrected chi connectivity index (χ2v) is 5.46. The van der Waals surface area contributed by atoms with E-state index >= 15 is 0 Å².